The molecule has 1 aromatic heterocycles. The molecule has 0 amide bonds. The summed E-state index contributed by atoms with van der Waals surface area (Å²) in [4.78, 5) is 4.57. The average molecular weight is 643 g/mol. The van der Waals surface area contributed by atoms with E-state index in [1.807, 2.05) is 30.3 Å². The van der Waals surface area contributed by atoms with Crippen LogP contribution in [-0.2, 0) is 0 Å². The molecule has 0 fully saturated rings. The van der Waals surface area contributed by atoms with E-state index in [-0.39, 0.29) is 0 Å². The van der Waals surface area contributed by atoms with Gasteiger partial charge in [-0.05, 0) is 88.6 Å². The molecule has 10 rings (SSSR count). The Bertz CT molecular complexity index is 2700. The lowest BCUT2D eigenvalue weighted by Gasteiger charge is -2.34. The molecule has 4 nitrogen and oxygen atoms in total. The molecule has 1 aliphatic heterocycles. The summed E-state index contributed by atoms with van der Waals surface area (Å²) in [6.45, 7) is 0. The molecule has 4 heteroatoms. The number of nitrogens with zero attached hydrogens (tertiary/aromatic N) is 2. The number of rotatable bonds is 5. The van der Waals surface area contributed by atoms with Gasteiger partial charge in [0.2, 0.25) is 0 Å². The number of fused-ring (bicyclic) bond motifs is 6. The minimum Gasteiger partial charge on any atom is -0.456 e. The highest BCUT2D eigenvalue weighted by molar-refractivity contribution is 6.06. The lowest BCUT2D eigenvalue weighted by atomic mass is 10.0. The van der Waals surface area contributed by atoms with Crippen LogP contribution in [0.5, 0.6) is 11.5 Å². The molecular weight excluding hydrogens is 613 g/mol. The third kappa shape index (κ3) is 4.69. The summed E-state index contributed by atoms with van der Waals surface area (Å²) in [6, 6.07) is 63.7. The molecule has 0 aliphatic carbocycles. The molecule has 0 bridgehead atoms. The molecule has 50 heavy (non-hydrogen) atoms. The Morgan fingerprint density at radius 2 is 1.06 bits per heavy atom. The van der Waals surface area contributed by atoms with E-state index < -0.39 is 0 Å². The van der Waals surface area contributed by atoms with Crippen molar-refractivity contribution in [3.8, 4) is 22.6 Å². The summed E-state index contributed by atoms with van der Waals surface area (Å²) < 4.78 is 13.0. The molecule has 0 radical (unpaired) electrons. The van der Waals surface area contributed by atoms with E-state index in [1.165, 1.54) is 21.9 Å². The summed E-state index contributed by atoms with van der Waals surface area (Å²) in [7, 11) is 0. The summed E-state index contributed by atoms with van der Waals surface area (Å²) in [5, 5.41) is 4.61. The van der Waals surface area contributed by atoms with Crippen LogP contribution in [-0.4, -0.2) is 0 Å². The maximum absolute atomic E-state index is 6.68. The highest BCUT2D eigenvalue weighted by Crippen LogP contribution is 2.52. The molecule has 8 aromatic carbocycles. The second-order valence-electron chi connectivity index (χ2n) is 12.6. The zero-order chi connectivity index (χ0) is 33.0. The van der Waals surface area contributed by atoms with Gasteiger partial charge >= 0.3 is 0 Å². The Morgan fingerprint density at radius 1 is 0.400 bits per heavy atom. The van der Waals surface area contributed by atoms with Crippen LogP contribution in [0.3, 0.4) is 0 Å². The van der Waals surface area contributed by atoms with Crippen molar-refractivity contribution in [3.05, 3.63) is 182 Å². The Morgan fingerprint density at radius 3 is 1.96 bits per heavy atom. The molecule has 9 aromatic rings. The van der Waals surface area contributed by atoms with Crippen molar-refractivity contribution < 1.29 is 9.15 Å². The van der Waals surface area contributed by atoms with E-state index >= 15 is 0 Å². The highest BCUT2D eigenvalue weighted by Gasteiger charge is 2.28. The third-order valence-electron chi connectivity index (χ3n) is 9.61. The number of furan rings is 1. The zero-order valence-electron chi connectivity index (χ0n) is 27.0. The monoisotopic (exact) mass is 642 g/mol. The van der Waals surface area contributed by atoms with Gasteiger partial charge in [-0.1, -0.05) is 103 Å². The Labute approximate surface area is 289 Å². The molecule has 0 spiro atoms. The Kier molecular flexibility index (Phi) is 6.46. The highest BCUT2D eigenvalue weighted by atomic mass is 16.5. The van der Waals surface area contributed by atoms with Crippen molar-refractivity contribution in [1.82, 2.24) is 0 Å². The number of benzene rings is 8. The molecule has 1 aliphatic rings. The minimum atomic E-state index is 0.776. The Balaban J connectivity index is 1.11. The fourth-order valence-corrected chi connectivity index (χ4v) is 7.21. The van der Waals surface area contributed by atoms with Gasteiger partial charge in [0.15, 0.2) is 11.5 Å². The van der Waals surface area contributed by atoms with Crippen LogP contribution in [0.25, 0.3) is 43.8 Å². The number of para-hydroxylation sites is 3. The van der Waals surface area contributed by atoms with Gasteiger partial charge < -0.3 is 19.0 Å². The molecular formula is C46H30N2O2. The van der Waals surface area contributed by atoms with Gasteiger partial charge in [-0.15, -0.1) is 0 Å². The lowest BCUT2D eigenvalue weighted by Crippen LogP contribution is -2.17. The Hall–Kier alpha value is -6.78. The molecule has 0 saturated carbocycles. The predicted octanol–water partition coefficient (Wildman–Crippen LogP) is 13.5. The SMILES string of the molecule is c1ccc(-c2ccc(N(c3ccc4c(c3)Oc3ccccc3N4c3ccc4c(c3)oc3ccccc34)c3ccc4ccccc4c3)cc2)cc1. The summed E-state index contributed by atoms with van der Waals surface area (Å²) in [5.74, 6) is 1.57. The normalized spacial score (nSPS) is 12.1. The zero-order valence-corrected chi connectivity index (χ0v) is 27.0. The van der Waals surface area contributed by atoms with Crippen molar-refractivity contribution in [2.24, 2.45) is 0 Å². The van der Waals surface area contributed by atoms with Crippen LogP contribution in [0.15, 0.2) is 186 Å². The van der Waals surface area contributed by atoms with E-state index in [0.29, 0.717) is 0 Å². The first-order chi connectivity index (χ1) is 24.8. The van der Waals surface area contributed by atoms with Gasteiger partial charge in [-0.25, -0.2) is 0 Å². The van der Waals surface area contributed by atoms with Gasteiger partial charge in [0.05, 0.1) is 17.1 Å². The van der Waals surface area contributed by atoms with Gasteiger partial charge in [0.25, 0.3) is 0 Å². The van der Waals surface area contributed by atoms with Crippen molar-refractivity contribution in [2.45, 2.75) is 0 Å². The van der Waals surface area contributed by atoms with Crippen LogP contribution < -0.4 is 14.5 Å². The standard InChI is InChI=1S/C46H30N2O2/c1-2-10-31(11-3-1)33-18-21-35(22-19-33)47(36-23-20-32-12-4-5-13-34(32)28-36)37-25-27-42-46(30-37)50-44-17-9-7-15-41(44)48(42)38-24-26-40-39-14-6-8-16-43(39)49-45(40)29-38/h1-30H. The van der Waals surface area contributed by atoms with Gasteiger partial charge in [-0.2, -0.15) is 0 Å². The molecule has 0 unspecified atom stereocenters. The molecule has 0 N–H and O–H groups in total. The predicted molar refractivity (Wildman–Crippen MR) is 206 cm³/mol. The van der Waals surface area contributed by atoms with Crippen LogP contribution >= 0.6 is 0 Å². The van der Waals surface area contributed by atoms with Crippen LogP contribution in [0.2, 0.25) is 0 Å². The first-order valence-corrected chi connectivity index (χ1v) is 16.8. The quantitative estimate of drug-likeness (QED) is 0.187. The number of hydrogen-bond donors (Lipinski definition) is 0. The maximum atomic E-state index is 6.68. The van der Waals surface area contributed by atoms with E-state index in [1.54, 1.807) is 0 Å². The lowest BCUT2D eigenvalue weighted by molar-refractivity contribution is 0.477. The van der Waals surface area contributed by atoms with Gasteiger partial charge in [0, 0.05) is 40.0 Å². The summed E-state index contributed by atoms with van der Waals surface area (Å²) in [6.07, 6.45) is 0. The van der Waals surface area contributed by atoms with E-state index in [2.05, 4.69) is 161 Å². The molecule has 2 heterocycles. The average Bonchev–Trinajstić information content (AvgIpc) is 3.55. The van der Waals surface area contributed by atoms with E-state index in [9.17, 15) is 0 Å². The maximum Gasteiger partial charge on any atom is 0.153 e. The fourth-order valence-electron chi connectivity index (χ4n) is 7.21. The second-order valence-corrected chi connectivity index (χ2v) is 12.6. The smallest absolute Gasteiger partial charge is 0.153 e. The van der Waals surface area contributed by atoms with Gasteiger partial charge in [-0.3, -0.25) is 0 Å². The summed E-state index contributed by atoms with van der Waals surface area (Å²) in [5.41, 5.74) is 10.2. The van der Waals surface area contributed by atoms with E-state index in [0.717, 1.165) is 67.6 Å². The second kappa shape index (κ2) is 11.4. The van der Waals surface area contributed by atoms with Crippen molar-refractivity contribution in [1.29, 1.82) is 0 Å². The number of hydrogen-bond acceptors (Lipinski definition) is 4. The molecule has 236 valence electrons. The van der Waals surface area contributed by atoms with Crippen LogP contribution in [0.1, 0.15) is 0 Å². The first kappa shape index (κ1) is 28.3. The molecule has 0 atom stereocenters. The van der Waals surface area contributed by atoms with Crippen molar-refractivity contribution in [3.63, 3.8) is 0 Å². The largest absolute Gasteiger partial charge is 0.456 e. The van der Waals surface area contributed by atoms with Gasteiger partial charge in [0.1, 0.15) is 11.2 Å². The topological polar surface area (TPSA) is 28.9 Å². The third-order valence-corrected chi connectivity index (χ3v) is 9.61. The van der Waals surface area contributed by atoms with Crippen molar-refractivity contribution in [2.75, 3.05) is 9.80 Å². The number of anilines is 6. The fraction of sp³-hybridized carbons (Fsp3) is 0. The minimum absolute atomic E-state index is 0.776. The first-order valence-electron chi connectivity index (χ1n) is 16.8. The number of ether oxygens (including phenoxy) is 1. The van der Waals surface area contributed by atoms with Crippen molar-refractivity contribution >= 4 is 66.8 Å². The molecule has 0 saturated heterocycles. The van der Waals surface area contributed by atoms with E-state index in [4.69, 9.17) is 9.15 Å². The van der Waals surface area contributed by atoms with Crippen LogP contribution in [0, 0.1) is 0 Å². The van der Waals surface area contributed by atoms with Crippen LogP contribution in [0.4, 0.5) is 34.1 Å². The summed E-state index contributed by atoms with van der Waals surface area (Å²) >= 11 is 0.